The van der Waals surface area contributed by atoms with Crippen LogP contribution in [0.5, 0.6) is 5.75 Å². The molecule has 2 atom stereocenters. The summed E-state index contributed by atoms with van der Waals surface area (Å²) in [6, 6.07) is 7.42. The van der Waals surface area contributed by atoms with Gasteiger partial charge in [-0.3, -0.25) is 4.90 Å². The van der Waals surface area contributed by atoms with E-state index in [2.05, 4.69) is 64.1 Å². The molecule has 0 amide bonds. The lowest BCUT2D eigenvalue weighted by Gasteiger charge is -2.46. The number of fused-ring (bicyclic) bond motifs is 1. The third-order valence-electron chi connectivity index (χ3n) is 9.39. The van der Waals surface area contributed by atoms with Crippen LogP contribution in [0, 0.1) is 5.92 Å². The van der Waals surface area contributed by atoms with Crippen molar-refractivity contribution in [3.05, 3.63) is 30.1 Å². The number of likely N-dealkylation sites (N-methyl/N-ethyl adjacent to an activating group) is 1. The number of aromatic nitrogens is 3. The summed E-state index contributed by atoms with van der Waals surface area (Å²) < 4.78 is 11.5. The number of benzene rings is 1. The highest BCUT2D eigenvalue weighted by Gasteiger charge is 2.33. The number of rotatable bonds is 7. The first kappa shape index (κ1) is 28.9. The van der Waals surface area contributed by atoms with Gasteiger partial charge in [0.15, 0.2) is 5.82 Å². The largest absolute Gasteiger partial charge is 0.495 e. The number of nitrogens with zero attached hydrogens (tertiary/aromatic N) is 6. The van der Waals surface area contributed by atoms with Crippen LogP contribution < -0.4 is 20.7 Å². The summed E-state index contributed by atoms with van der Waals surface area (Å²) in [6.07, 6.45) is 5.65. The fraction of sp³-hybridized carbons (Fsp3) is 0.594. The number of methoxy groups -OCH3 is 1. The lowest BCUT2D eigenvalue weighted by Crippen LogP contribution is -2.55. The van der Waals surface area contributed by atoms with Gasteiger partial charge in [0.1, 0.15) is 22.6 Å². The van der Waals surface area contributed by atoms with Gasteiger partial charge >= 0.3 is 0 Å². The number of nitrogen functional groups attached to an aromatic ring is 1. The van der Waals surface area contributed by atoms with Gasteiger partial charge in [0.05, 0.1) is 18.5 Å². The smallest absolute Gasteiger partial charge is 0.151 e. The van der Waals surface area contributed by atoms with Gasteiger partial charge < -0.3 is 30.3 Å². The van der Waals surface area contributed by atoms with Crippen LogP contribution in [0.4, 0.5) is 17.3 Å². The summed E-state index contributed by atoms with van der Waals surface area (Å²) in [5.41, 5.74) is 11.7. The average molecular weight is 575 g/mol. The summed E-state index contributed by atoms with van der Waals surface area (Å²) >= 11 is 0. The molecule has 3 aliphatic rings. The highest BCUT2D eigenvalue weighted by Crippen LogP contribution is 2.38. The Balaban J connectivity index is 1.28. The van der Waals surface area contributed by atoms with E-state index in [1.54, 1.807) is 7.11 Å². The first-order valence-electron chi connectivity index (χ1n) is 15.6. The number of nitrogens with one attached hydrogen (secondary N) is 1. The molecule has 10 heteroatoms. The minimum absolute atomic E-state index is 0.320. The van der Waals surface area contributed by atoms with Gasteiger partial charge in [0.2, 0.25) is 0 Å². The maximum absolute atomic E-state index is 6.34. The highest BCUT2D eigenvalue weighted by atomic mass is 16.5. The summed E-state index contributed by atoms with van der Waals surface area (Å²) in [6.45, 7) is 12.7. The lowest BCUT2D eigenvalue weighted by molar-refractivity contribution is 0.0737. The Morgan fingerprint density at radius 1 is 1.05 bits per heavy atom. The zero-order valence-electron chi connectivity index (χ0n) is 25.6. The van der Waals surface area contributed by atoms with Crippen LogP contribution in [0.3, 0.4) is 0 Å². The zero-order valence-corrected chi connectivity index (χ0v) is 25.6. The van der Waals surface area contributed by atoms with Crippen molar-refractivity contribution in [3.63, 3.8) is 0 Å². The average Bonchev–Trinajstić information content (AvgIpc) is 3.02. The zero-order chi connectivity index (χ0) is 29.2. The van der Waals surface area contributed by atoms with Crippen LogP contribution in [-0.2, 0) is 11.2 Å². The van der Waals surface area contributed by atoms with E-state index in [1.807, 2.05) is 6.20 Å². The molecule has 3 aromatic rings. The van der Waals surface area contributed by atoms with E-state index in [0.29, 0.717) is 29.3 Å². The minimum atomic E-state index is 0.320. The standard InChI is InChI=1S/C32H46N8O2/c1-5-25-32(35-23-9-16-42-17-10-23)37-29-24(19-34-31(33)30(29)36-25)22-6-7-27(28(18-22)41-4)40-11-8-26(21(2)20-40)39-14-12-38(3)13-15-39/h6-7,18-19,21,23,26H,5,8-17,20H2,1-4H3,(H2,33,34)(H,35,37). The van der Waals surface area contributed by atoms with E-state index >= 15 is 0 Å². The molecule has 3 N–H and O–H groups in total. The van der Waals surface area contributed by atoms with Crippen LogP contribution in [0.15, 0.2) is 24.4 Å². The first-order chi connectivity index (χ1) is 20.4. The van der Waals surface area contributed by atoms with E-state index in [4.69, 9.17) is 25.2 Å². The van der Waals surface area contributed by atoms with Crippen molar-refractivity contribution in [1.29, 1.82) is 0 Å². The monoisotopic (exact) mass is 574 g/mol. The van der Waals surface area contributed by atoms with Crippen molar-refractivity contribution in [3.8, 4) is 16.9 Å². The molecule has 2 aromatic heterocycles. The Morgan fingerprint density at radius 2 is 1.83 bits per heavy atom. The first-order valence-corrected chi connectivity index (χ1v) is 15.6. The van der Waals surface area contributed by atoms with E-state index in [1.165, 1.54) is 19.5 Å². The fourth-order valence-electron chi connectivity index (χ4n) is 6.86. The van der Waals surface area contributed by atoms with Crippen molar-refractivity contribution in [1.82, 2.24) is 24.8 Å². The van der Waals surface area contributed by atoms with Crippen molar-refractivity contribution in [2.45, 2.75) is 51.6 Å². The molecule has 6 rings (SSSR count). The second-order valence-corrected chi connectivity index (χ2v) is 12.2. The summed E-state index contributed by atoms with van der Waals surface area (Å²) in [4.78, 5) is 22.2. The summed E-state index contributed by atoms with van der Waals surface area (Å²) in [7, 11) is 3.98. The molecule has 5 heterocycles. The molecular formula is C32H46N8O2. The second kappa shape index (κ2) is 12.6. The van der Waals surface area contributed by atoms with Crippen molar-refractivity contribution in [2.75, 3.05) is 82.6 Å². The number of pyridine rings is 1. The Bertz CT molecular complexity index is 1390. The van der Waals surface area contributed by atoms with Crippen molar-refractivity contribution < 1.29 is 9.47 Å². The number of anilines is 3. The third-order valence-corrected chi connectivity index (χ3v) is 9.39. The van der Waals surface area contributed by atoms with Gasteiger partial charge in [-0.25, -0.2) is 15.0 Å². The molecule has 3 fully saturated rings. The molecule has 10 nitrogen and oxygen atoms in total. The molecule has 3 saturated heterocycles. The molecule has 0 radical (unpaired) electrons. The molecule has 0 saturated carbocycles. The summed E-state index contributed by atoms with van der Waals surface area (Å²) in [5, 5.41) is 3.65. The number of hydrogen-bond donors (Lipinski definition) is 2. The molecule has 2 unspecified atom stereocenters. The maximum Gasteiger partial charge on any atom is 0.151 e. The molecule has 1 aromatic carbocycles. The molecule has 3 aliphatic heterocycles. The molecule has 0 bridgehead atoms. The number of piperazine rings is 1. The molecule has 42 heavy (non-hydrogen) atoms. The number of nitrogens with two attached hydrogens (primary N) is 1. The number of piperidine rings is 1. The molecule has 226 valence electrons. The Labute approximate surface area is 249 Å². The van der Waals surface area contributed by atoms with Crippen LogP contribution in [-0.4, -0.2) is 103 Å². The van der Waals surface area contributed by atoms with Gasteiger partial charge in [-0.15, -0.1) is 0 Å². The highest BCUT2D eigenvalue weighted by molar-refractivity contribution is 5.97. The van der Waals surface area contributed by atoms with E-state index in [0.717, 1.165) is 98.2 Å². The van der Waals surface area contributed by atoms with Crippen LogP contribution in [0.2, 0.25) is 0 Å². The second-order valence-electron chi connectivity index (χ2n) is 12.2. The number of hydrogen-bond acceptors (Lipinski definition) is 10. The van der Waals surface area contributed by atoms with Gasteiger partial charge in [-0.05, 0) is 56.3 Å². The maximum atomic E-state index is 6.34. The van der Waals surface area contributed by atoms with Gasteiger partial charge in [0, 0.05) is 76.3 Å². The normalized spacial score (nSPS) is 22.9. The minimum Gasteiger partial charge on any atom is -0.495 e. The predicted molar refractivity (Wildman–Crippen MR) is 169 cm³/mol. The Hall–Kier alpha value is -3.21. The quantitative estimate of drug-likeness (QED) is 0.432. The number of aryl methyl sites for hydroxylation is 1. The summed E-state index contributed by atoms with van der Waals surface area (Å²) in [5.74, 6) is 2.67. The van der Waals surface area contributed by atoms with Gasteiger partial charge in [-0.1, -0.05) is 19.9 Å². The van der Waals surface area contributed by atoms with E-state index in [9.17, 15) is 0 Å². The fourth-order valence-corrected chi connectivity index (χ4v) is 6.86. The Kier molecular flexibility index (Phi) is 8.65. The van der Waals surface area contributed by atoms with E-state index < -0.39 is 0 Å². The van der Waals surface area contributed by atoms with Gasteiger partial charge in [-0.2, -0.15) is 0 Å². The SMILES string of the molecule is CCc1nc2c(N)ncc(-c3ccc(N4CCC(N5CCN(C)CC5)C(C)C4)c(OC)c3)c2nc1NC1CCOCC1. The van der Waals surface area contributed by atoms with E-state index in [-0.39, 0.29) is 0 Å². The van der Waals surface area contributed by atoms with Gasteiger partial charge in [0.25, 0.3) is 0 Å². The van der Waals surface area contributed by atoms with Crippen molar-refractivity contribution >= 4 is 28.4 Å². The number of ether oxygens (including phenoxy) is 2. The topological polar surface area (TPSA) is 105 Å². The molecule has 0 spiro atoms. The molecular weight excluding hydrogens is 528 g/mol. The van der Waals surface area contributed by atoms with Crippen LogP contribution >= 0.6 is 0 Å². The third kappa shape index (κ3) is 5.85. The predicted octanol–water partition coefficient (Wildman–Crippen LogP) is 3.90. The lowest BCUT2D eigenvalue weighted by atomic mass is 9.91. The van der Waals surface area contributed by atoms with Crippen LogP contribution in [0.25, 0.3) is 22.2 Å². The Morgan fingerprint density at radius 3 is 2.55 bits per heavy atom. The van der Waals surface area contributed by atoms with Crippen molar-refractivity contribution in [2.24, 2.45) is 5.92 Å². The molecule has 0 aliphatic carbocycles. The van der Waals surface area contributed by atoms with Crippen LogP contribution in [0.1, 0.15) is 38.8 Å².